The molecular formula is C68H131NO3. The number of nitrogens with one attached hydrogen (secondary N) is 1. The summed E-state index contributed by atoms with van der Waals surface area (Å²) in [6.07, 6.45) is 87.6. The highest BCUT2D eigenvalue weighted by molar-refractivity contribution is 5.76. The number of amides is 1. The van der Waals surface area contributed by atoms with Gasteiger partial charge in [0.05, 0.1) is 18.8 Å². The fourth-order valence-corrected chi connectivity index (χ4v) is 10.6. The Bertz CT molecular complexity index is 1100. The van der Waals surface area contributed by atoms with Gasteiger partial charge in [0.25, 0.3) is 0 Å². The molecule has 1 amide bonds. The zero-order valence-corrected chi connectivity index (χ0v) is 49.2. The highest BCUT2D eigenvalue weighted by atomic mass is 16.3. The summed E-state index contributed by atoms with van der Waals surface area (Å²) in [5.74, 6) is -0.0231. The minimum atomic E-state index is -0.658. The van der Waals surface area contributed by atoms with Crippen LogP contribution in [0.4, 0.5) is 0 Å². The van der Waals surface area contributed by atoms with E-state index in [4.69, 9.17) is 0 Å². The molecule has 0 aliphatic heterocycles. The Morgan fingerprint density at radius 3 is 0.847 bits per heavy atom. The van der Waals surface area contributed by atoms with Gasteiger partial charge in [0.1, 0.15) is 0 Å². The van der Waals surface area contributed by atoms with Crippen LogP contribution in [0.25, 0.3) is 0 Å². The average molecular weight is 1010 g/mol. The molecule has 0 saturated carbocycles. The molecule has 4 heteroatoms. The van der Waals surface area contributed by atoms with E-state index in [1.54, 1.807) is 0 Å². The first-order chi connectivity index (χ1) is 35.7. The zero-order chi connectivity index (χ0) is 52.0. The molecule has 0 fully saturated rings. The summed E-state index contributed by atoms with van der Waals surface area (Å²) in [6.45, 7) is 4.38. The largest absolute Gasteiger partial charge is 0.394 e. The van der Waals surface area contributed by atoms with Gasteiger partial charge in [-0.15, -0.1) is 0 Å². The van der Waals surface area contributed by atoms with Crippen molar-refractivity contribution in [3.8, 4) is 0 Å². The third-order valence-electron chi connectivity index (χ3n) is 15.7. The molecule has 0 heterocycles. The molecule has 3 N–H and O–H groups in total. The normalized spacial score (nSPS) is 12.9. The molecule has 0 spiro atoms. The maximum Gasteiger partial charge on any atom is 0.220 e. The fourth-order valence-electron chi connectivity index (χ4n) is 10.6. The molecule has 0 radical (unpaired) electrons. The van der Waals surface area contributed by atoms with Gasteiger partial charge in [-0.05, 0) is 51.4 Å². The van der Waals surface area contributed by atoms with Gasteiger partial charge in [0, 0.05) is 6.42 Å². The number of hydrogen-bond acceptors (Lipinski definition) is 3. The number of aliphatic hydroxyl groups excluding tert-OH is 2. The van der Waals surface area contributed by atoms with Gasteiger partial charge in [-0.1, -0.05) is 352 Å². The second-order valence-electron chi connectivity index (χ2n) is 22.9. The fraction of sp³-hybridized carbons (Fsp3) is 0.897. The Labute approximate surface area is 452 Å². The summed E-state index contributed by atoms with van der Waals surface area (Å²) in [6, 6.07) is -0.534. The number of carbonyl (C=O) groups is 1. The lowest BCUT2D eigenvalue weighted by atomic mass is 10.0. The first-order valence-electron chi connectivity index (χ1n) is 33.2. The predicted molar refractivity (Wildman–Crippen MR) is 322 cm³/mol. The van der Waals surface area contributed by atoms with E-state index in [1.807, 2.05) is 0 Å². The standard InChI is InChI=1S/C68H131NO3/c1-3-5-7-9-11-13-15-17-19-21-23-24-25-26-27-28-29-30-31-32-33-34-35-36-37-38-39-40-41-42-43-44-46-48-50-52-54-56-58-60-62-64-68(72)69-66(65-70)67(71)63-61-59-57-55-53-51-49-47-45-22-20-18-16-14-12-10-8-6-4-2/h15,17,21,23,25-26,66-67,70-71H,3-14,16,18-20,22,24,27-65H2,1-2H3,(H,69,72)/b17-15-,23-21-,26-25-. The zero-order valence-electron chi connectivity index (χ0n) is 49.2. The second kappa shape index (κ2) is 63.9. The Balaban J connectivity index is 3.36. The lowest BCUT2D eigenvalue weighted by Crippen LogP contribution is -2.45. The van der Waals surface area contributed by atoms with Crippen molar-refractivity contribution in [1.29, 1.82) is 0 Å². The van der Waals surface area contributed by atoms with Crippen LogP contribution in [0.1, 0.15) is 373 Å². The van der Waals surface area contributed by atoms with Crippen molar-refractivity contribution < 1.29 is 15.0 Å². The van der Waals surface area contributed by atoms with Crippen molar-refractivity contribution in [2.45, 2.75) is 386 Å². The molecule has 0 aromatic heterocycles. The monoisotopic (exact) mass is 1010 g/mol. The first kappa shape index (κ1) is 70.6. The van der Waals surface area contributed by atoms with Crippen LogP contribution in [0.2, 0.25) is 0 Å². The summed E-state index contributed by atoms with van der Waals surface area (Å²) in [7, 11) is 0. The molecule has 426 valence electrons. The van der Waals surface area contributed by atoms with Crippen LogP contribution in [0.15, 0.2) is 36.5 Å². The van der Waals surface area contributed by atoms with Gasteiger partial charge >= 0.3 is 0 Å². The van der Waals surface area contributed by atoms with E-state index in [-0.39, 0.29) is 12.5 Å². The average Bonchev–Trinajstić information content (AvgIpc) is 3.39. The minimum Gasteiger partial charge on any atom is -0.394 e. The molecule has 72 heavy (non-hydrogen) atoms. The molecule has 0 aliphatic rings. The third kappa shape index (κ3) is 59.5. The molecular weight excluding hydrogens is 879 g/mol. The molecule has 0 aromatic carbocycles. The smallest absolute Gasteiger partial charge is 0.220 e. The summed E-state index contributed by atoms with van der Waals surface area (Å²) in [4.78, 5) is 12.5. The number of carbonyl (C=O) groups excluding carboxylic acids is 1. The predicted octanol–water partition coefficient (Wildman–Crippen LogP) is 22.4. The molecule has 4 nitrogen and oxygen atoms in total. The van der Waals surface area contributed by atoms with E-state index in [1.165, 1.54) is 308 Å². The number of unbranched alkanes of at least 4 members (excludes halogenated alkanes) is 49. The van der Waals surface area contributed by atoms with Crippen LogP contribution >= 0.6 is 0 Å². The van der Waals surface area contributed by atoms with Gasteiger partial charge in [0.2, 0.25) is 5.91 Å². The molecule has 0 aliphatic carbocycles. The Morgan fingerprint density at radius 2 is 0.569 bits per heavy atom. The third-order valence-corrected chi connectivity index (χ3v) is 15.7. The molecule has 0 bridgehead atoms. The maximum atomic E-state index is 12.5. The Morgan fingerprint density at radius 1 is 0.333 bits per heavy atom. The van der Waals surface area contributed by atoms with Gasteiger partial charge < -0.3 is 15.5 Å². The van der Waals surface area contributed by atoms with Crippen molar-refractivity contribution in [3.63, 3.8) is 0 Å². The van der Waals surface area contributed by atoms with E-state index in [0.717, 1.165) is 38.5 Å². The number of aliphatic hydroxyl groups is 2. The van der Waals surface area contributed by atoms with Crippen LogP contribution in [0, 0.1) is 0 Å². The van der Waals surface area contributed by atoms with Crippen LogP contribution in [-0.2, 0) is 4.79 Å². The summed E-state index contributed by atoms with van der Waals surface area (Å²) in [5.41, 5.74) is 0. The number of hydrogen-bond donors (Lipinski definition) is 3. The van der Waals surface area contributed by atoms with Gasteiger partial charge in [-0.2, -0.15) is 0 Å². The van der Waals surface area contributed by atoms with Crippen molar-refractivity contribution in [2.75, 3.05) is 6.61 Å². The van der Waals surface area contributed by atoms with E-state index in [9.17, 15) is 15.0 Å². The van der Waals surface area contributed by atoms with Crippen molar-refractivity contribution in [1.82, 2.24) is 5.32 Å². The van der Waals surface area contributed by atoms with Crippen LogP contribution < -0.4 is 5.32 Å². The summed E-state index contributed by atoms with van der Waals surface area (Å²) < 4.78 is 0. The van der Waals surface area contributed by atoms with E-state index < -0.39 is 12.1 Å². The lowest BCUT2D eigenvalue weighted by Gasteiger charge is -2.22. The number of rotatable bonds is 62. The quantitative estimate of drug-likeness (QED) is 0.0420. The van der Waals surface area contributed by atoms with Gasteiger partial charge in [-0.3, -0.25) is 4.79 Å². The van der Waals surface area contributed by atoms with E-state index in [0.29, 0.717) is 12.8 Å². The SMILES string of the molecule is CCCCCCC/C=C\C/C=C\C/C=C\CCCCCCCCCCCCCCCCCCCCCCCCCCCCC(=O)NC(CO)C(O)CCCCCCCCCCCCCCCCCCCCC. The van der Waals surface area contributed by atoms with Crippen LogP contribution in [0.5, 0.6) is 0 Å². The van der Waals surface area contributed by atoms with Crippen molar-refractivity contribution in [2.24, 2.45) is 0 Å². The lowest BCUT2D eigenvalue weighted by molar-refractivity contribution is -0.123. The molecule has 0 saturated heterocycles. The van der Waals surface area contributed by atoms with Crippen molar-refractivity contribution in [3.05, 3.63) is 36.5 Å². The summed E-state index contributed by atoms with van der Waals surface area (Å²) in [5, 5.41) is 23.4. The molecule has 2 unspecified atom stereocenters. The minimum absolute atomic E-state index is 0.0231. The van der Waals surface area contributed by atoms with E-state index >= 15 is 0 Å². The molecule has 0 aromatic rings. The van der Waals surface area contributed by atoms with E-state index in [2.05, 4.69) is 55.6 Å². The number of allylic oxidation sites excluding steroid dienone is 6. The van der Waals surface area contributed by atoms with Crippen LogP contribution in [0.3, 0.4) is 0 Å². The second-order valence-corrected chi connectivity index (χ2v) is 22.9. The highest BCUT2D eigenvalue weighted by Gasteiger charge is 2.20. The maximum absolute atomic E-state index is 12.5. The topological polar surface area (TPSA) is 69.6 Å². The van der Waals surface area contributed by atoms with Gasteiger partial charge in [0.15, 0.2) is 0 Å². The van der Waals surface area contributed by atoms with Crippen molar-refractivity contribution >= 4 is 5.91 Å². The summed E-state index contributed by atoms with van der Waals surface area (Å²) >= 11 is 0. The Hall–Kier alpha value is -1.39. The Kier molecular flexibility index (Phi) is 62.7. The van der Waals surface area contributed by atoms with Gasteiger partial charge in [-0.25, -0.2) is 0 Å². The first-order valence-corrected chi connectivity index (χ1v) is 33.2. The molecule has 2 atom stereocenters. The molecule has 0 rings (SSSR count). The highest BCUT2D eigenvalue weighted by Crippen LogP contribution is 2.19. The van der Waals surface area contributed by atoms with Crippen LogP contribution in [-0.4, -0.2) is 34.9 Å².